The Morgan fingerprint density at radius 3 is 2.33 bits per heavy atom. The Morgan fingerprint density at radius 2 is 1.90 bits per heavy atom. The van der Waals surface area contributed by atoms with Crippen LogP contribution >= 0.6 is 0 Å². The first-order chi connectivity index (χ1) is 9.57. The number of hydrogen-bond acceptors (Lipinski definition) is 5. The summed E-state index contributed by atoms with van der Waals surface area (Å²) >= 11 is 0. The van der Waals surface area contributed by atoms with Gasteiger partial charge in [0.15, 0.2) is 9.84 Å². The number of nitrogens with zero attached hydrogens (tertiary/aromatic N) is 2. The van der Waals surface area contributed by atoms with Crippen molar-refractivity contribution < 1.29 is 21.6 Å². The lowest BCUT2D eigenvalue weighted by Crippen LogP contribution is -2.40. The van der Waals surface area contributed by atoms with Crippen molar-refractivity contribution in [3.63, 3.8) is 0 Å². The highest BCUT2D eigenvalue weighted by Crippen LogP contribution is 2.17. The third-order valence-electron chi connectivity index (χ3n) is 3.67. The van der Waals surface area contributed by atoms with E-state index in [1.807, 2.05) is 6.92 Å². The van der Waals surface area contributed by atoms with Gasteiger partial charge in [-0.15, -0.1) is 0 Å². The first-order valence-corrected chi connectivity index (χ1v) is 10.6. The van der Waals surface area contributed by atoms with Gasteiger partial charge >= 0.3 is 0 Å². The lowest BCUT2D eigenvalue weighted by atomic mass is 10.2. The molecule has 0 saturated carbocycles. The van der Waals surface area contributed by atoms with E-state index in [0.29, 0.717) is 19.4 Å². The van der Waals surface area contributed by atoms with Gasteiger partial charge in [0.05, 0.1) is 17.8 Å². The molecular weight excluding hydrogens is 316 g/mol. The third kappa shape index (κ3) is 5.55. The van der Waals surface area contributed by atoms with E-state index in [1.54, 1.807) is 7.05 Å². The van der Waals surface area contributed by atoms with Gasteiger partial charge in [0.2, 0.25) is 15.9 Å². The summed E-state index contributed by atoms with van der Waals surface area (Å²) in [5, 5.41) is 0. The van der Waals surface area contributed by atoms with E-state index in [2.05, 4.69) is 0 Å². The molecule has 1 rings (SSSR count). The Morgan fingerprint density at radius 1 is 1.29 bits per heavy atom. The van der Waals surface area contributed by atoms with Gasteiger partial charge in [-0.1, -0.05) is 6.92 Å². The molecule has 7 nitrogen and oxygen atoms in total. The second-order valence-electron chi connectivity index (χ2n) is 5.47. The van der Waals surface area contributed by atoms with Crippen LogP contribution in [0.1, 0.15) is 26.2 Å². The van der Waals surface area contributed by atoms with Crippen molar-refractivity contribution in [1.82, 2.24) is 9.21 Å². The summed E-state index contributed by atoms with van der Waals surface area (Å²) in [6.07, 6.45) is 2.33. The maximum Gasteiger partial charge on any atom is 0.223 e. The van der Waals surface area contributed by atoms with Crippen molar-refractivity contribution in [2.45, 2.75) is 32.2 Å². The van der Waals surface area contributed by atoms with Gasteiger partial charge in [0.25, 0.3) is 0 Å². The summed E-state index contributed by atoms with van der Waals surface area (Å²) < 4.78 is 47.3. The van der Waals surface area contributed by atoms with E-state index in [9.17, 15) is 21.6 Å². The topological polar surface area (TPSA) is 91.8 Å². The molecule has 1 fully saturated rings. The molecule has 0 bridgehead atoms. The summed E-state index contributed by atoms with van der Waals surface area (Å²) in [5.74, 6) is -0.109. The Bertz CT molecular complexity index is 570. The van der Waals surface area contributed by atoms with Crippen molar-refractivity contribution in [3.8, 4) is 0 Å². The average Bonchev–Trinajstić information content (AvgIpc) is 2.72. The molecule has 0 spiro atoms. The lowest BCUT2D eigenvalue weighted by Gasteiger charge is -2.25. The van der Waals surface area contributed by atoms with Crippen LogP contribution < -0.4 is 0 Å². The number of amides is 1. The van der Waals surface area contributed by atoms with Gasteiger partial charge in [0, 0.05) is 32.6 Å². The highest BCUT2D eigenvalue weighted by atomic mass is 32.2. The van der Waals surface area contributed by atoms with Gasteiger partial charge < -0.3 is 4.90 Å². The van der Waals surface area contributed by atoms with E-state index in [0.717, 1.165) is 6.26 Å². The molecule has 124 valence electrons. The number of carbonyl (C=O) groups is 1. The van der Waals surface area contributed by atoms with Crippen molar-refractivity contribution in [1.29, 1.82) is 0 Å². The quantitative estimate of drug-likeness (QED) is 0.634. The van der Waals surface area contributed by atoms with Gasteiger partial charge in [-0.3, -0.25) is 4.79 Å². The number of carbonyl (C=O) groups excluding carboxylic acids is 1. The SMILES string of the molecule is CCCN(CCC(=O)N(C)C1CCS(=O)(=O)C1)S(C)(=O)=O. The van der Waals surface area contributed by atoms with Crippen LogP contribution in [0.4, 0.5) is 0 Å². The van der Waals surface area contributed by atoms with Crippen molar-refractivity contribution in [2.24, 2.45) is 0 Å². The fourth-order valence-corrected chi connectivity index (χ4v) is 5.09. The predicted octanol–water partition coefficient (Wildman–Crippen LogP) is -0.306. The molecule has 1 atom stereocenters. The van der Waals surface area contributed by atoms with Crippen molar-refractivity contribution >= 4 is 25.8 Å². The van der Waals surface area contributed by atoms with Crippen LogP contribution in [0.5, 0.6) is 0 Å². The molecule has 0 aromatic heterocycles. The van der Waals surface area contributed by atoms with Crippen LogP contribution in [0.2, 0.25) is 0 Å². The minimum Gasteiger partial charge on any atom is -0.342 e. The number of rotatable bonds is 7. The third-order valence-corrected chi connectivity index (χ3v) is 6.72. The number of sulfone groups is 1. The molecule has 0 aromatic rings. The molecular formula is C12H24N2O5S2. The Kier molecular flexibility index (Phi) is 6.18. The number of hydrogen-bond donors (Lipinski definition) is 0. The van der Waals surface area contributed by atoms with E-state index in [1.165, 1.54) is 9.21 Å². The monoisotopic (exact) mass is 340 g/mol. The molecule has 21 heavy (non-hydrogen) atoms. The van der Waals surface area contributed by atoms with Gasteiger partial charge in [-0.05, 0) is 12.8 Å². The lowest BCUT2D eigenvalue weighted by molar-refractivity contribution is -0.131. The highest BCUT2D eigenvalue weighted by Gasteiger charge is 2.32. The van der Waals surface area contributed by atoms with E-state index in [4.69, 9.17) is 0 Å². The van der Waals surface area contributed by atoms with Gasteiger partial charge in [0.1, 0.15) is 0 Å². The van der Waals surface area contributed by atoms with Gasteiger partial charge in [-0.2, -0.15) is 0 Å². The second-order valence-corrected chi connectivity index (χ2v) is 9.68. The van der Waals surface area contributed by atoms with E-state index < -0.39 is 19.9 Å². The maximum absolute atomic E-state index is 12.1. The molecule has 0 radical (unpaired) electrons. The van der Waals surface area contributed by atoms with Crippen LogP contribution in [-0.2, 0) is 24.7 Å². The van der Waals surface area contributed by atoms with Crippen LogP contribution in [-0.4, -0.2) is 75.9 Å². The largest absolute Gasteiger partial charge is 0.342 e. The summed E-state index contributed by atoms with van der Waals surface area (Å²) in [5.41, 5.74) is 0. The average molecular weight is 340 g/mol. The van der Waals surface area contributed by atoms with E-state index >= 15 is 0 Å². The van der Waals surface area contributed by atoms with Crippen LogP contribution in [0.25, 0.3) is 0 Å². The summed E-state index contributed by atoms with van der Waals surface area (Å²) in [6.45, 7) is 2.39. The van der Waals surface area contributed by atoms with E-state index in [-0.39, 0.29) is 36.4 Å². The molecule has 0 aromatic carbocycles. The minimum atomic E-state index is -3.32. The Hall–Kier alpha value is -0.670. The fourth-order valence-electron chi connectivity index (χ4n) is 2.37. The molecule has 1 amide bonds. The fraction of sp³-hybridized carbons (Fsp3) is 0.917. The molecule has 1 heterocycles. The molecule has 0 aliphatic carbocycles. The highest BCUT2D eigenvalue weighted by molar-refractivity contribution is 7.91. The second kappa shape index (κ2) is 7.06. The van der Waals surface area contributed by atoms with Crippen molar-refractivity contribution in [3.05, 3.63) is 0 Å². The summed E-state index contributed by atoms with van der Waals surface area (Å²) in [6, 6.07) is -0.291. The Labute approximate surface area is 127 Å². The first kappa shape index (κ1) is 18.4. The standard InChI is InChI=1S/C12H24N2O5S2/c1-4-7-14(20(3,16)17)8-5-12(15)13(2)11-6-9-21(18,19)10-11/h11H,4-10H2,1-3H3. The first-order valence-electron chi connectivity index (χ1n) is 6.98. The zero-order valence-corrected chi connectivity index (χ0v) is 14.4. The Balaban J connectivity index is 2.56. The maximum atomic E-state index is 12.1. The van der Waals surface area contributed by atoms with Crippen LogP contribution in [0.3, 0.4) is 0 Å². The number of sulfonamides is 1. The predicted molar refractivity (Wildman–Crippen MR) is 81.2 cm³/mol. The summed E-state index contributed by atoms with van der Waals surface area (Å²) in [7, 11) is -4.77. The normalized spacial score (nSPS) is 21.6. The molecule has 9 heteroatoms. The van der Waals surface area contributed by atoms with Crippen LogP contribution in [0.15, 0.2) is 0 Å². The smallest absolute Gasteiger partial charge is 0.223 e. The van der Waals surface area contributed by atoms with Gasteiger partial charge in [-0.25, -0.2) is 21.1 Å². The molecule has 1 aliphatic rings. The molecule has 1 aliphatic heterocycles. The van der Waals surface area contributed by atoms with Crippen molar-refractivity contribution in [2.75, 3.05) is 37.9 Å². The molecule has 1 saturated heterocycles. The summed E-state index contributed by atoms with van der Waals surface area (Å²) in [4.78, 5) is 13.5. The van der Waals surface area contributed by atoms with Crippen LogP contribution in [0, 0.1) is 0 Å². The molecule has 0 N–H and O–H groups in total. The minimum absolute atomic E-state index is 0.00000925. The zero-order chi connectivity index (χ0) is 16.3. The zero-order valence-electron chi connectivity index (χ0n) is 12.8. The molecule has 1 unspecified atom stereocenters.